The lowest BCUT2D eigenvalue weighted by Crippen LogP contribution is -2.25. The van der Waals surface area contributed by atoms with Gasteiger partial charge in [-0.1, -0.05) is 20.3 Å². The zero-order valence-electron chi connectivity index (χ0n) is 11.1. The molecule has 0 bridgehead atoms. The van der Waals surface area contributed by atoms with E-state index in [-0.39, 0.29) is 5.91 Å². The Morgan fingerprint density at radius 3 is 2.78 bits per heavy atom. The summed E-state index contributed by atoms with van der Waals surface area (Å²) in [6, 6.07) is 0. The number of aromatic amines is 1. The van der Waals surface area contributed by atoms with Gasteiger partial charge in [0.15, 0.2) is 5.82 Å². The number of rotatable bonds is 3. The van der Waals surface area contributed by atoms with Gasteiger partial charge in [-0.25, -0.2) is 0 Å². The van der Waals surface area contributed by atoms with Crippen molar-refractivity contribution in [1.29, 1.82) is 0 Å². The molecule has 1 aliphatic carbocycles. The van der Waals surface area contributed by atoms with Gasteiger partial charge >= 0.3 is 0 Å². The number of hydrogen-bond donors (Lipinski definition) is 2. The molecule has 4 heteroatoms. The minimum atomic E-state index is 0.111. The van der Waals surface area contributed by atoms with Crippen molar-refractivity contribution in [2.75, 3.05) is 5.32 Å². The van der Waals surface area contributed by atoms with Crippen molar-refractivity contribution < 1.29 is 4.79 Å². The predicted molar refractivity (Wildman–Crippen MR) is 70.6 cm³/mol. The van der Waals surface area contributed by atoms with Crippen LogP contribution in [-0.4, -0.2) is 16.1 Å². The van der Waals surface area contributed by atoms with Crippen LogP contribution in [0.5, 0.6) is 0 Å². The average molecular weight is 247 g/mol. The molecule has 1 saturated carbocycles. The van der Waals surface area contributed by atoms with Gasteiger partial charge in [0.25, 0.3) is 0 Å². The minimum Gasteiger partial charge on any atom is -0.309 e. The van der Waals surface area contributed by atoms with Gasteiger partial charge in [0.1, 0.15) is 0 Å². The molecule has 0 spiro atoms. The number of carbonyl (C=O) groups excluding carboxylic acids is 1. The topological polar surface area (TPSA) is 57.8 Å². The summed E-state index contributed by atoms with van der Waals surface area (Å²) in [4.78, 5) is 11.7. The molecule has 1 aromatic heterocycles. The summed E-state index contributed by atoms with van der Waals surface area (Å²) in [5.41, 5.74) is 2.59. The molecule has 1 atom stereocenters. The summed E-state index contributed by atoms with van der Waals surface area (Å²) in [6.07, 6.45) is 5.53. The highest BCUT2D eigenvalue weighted by molar-refractivity contribution is 5.93. The van der Waals surface area contributed by atoms with Crippen LogP contribution in [0, 0.1) is 5.92 Å². The number of carbonyl (C=O) groups is 1. The van der Waals surface area contributed by atoms with E-state index in [2.05, 4.69) is 29.4 Å². The zero-order valence-corrected chi connectivity index (χ0v) is 11.1. The first-order valence-corrected chi connectivity index (χ1v) is 7.03. The van der Waals surface area contributed by atoms with Crippen molar-refractivity contribution in [3.63, 3.8) is 0 Å². The molecule has 2 aliphatic rings. The fourth-order valence-corrected chi connectivity index (χ4v) is 3.16. The Morgan fingerprint density at radius 2 is 2.17 bits per heavy atom. The van der Waals surface area contributed by atoms with Gasteiger partial charge in [-0.3, -0.25) is 9.89 Å². The number of fused-ring (bicyclic) bond motifs is 1. The van der Waals surface area contributed by atoms with Crippen LogP contribution >= 0.6 is 0 Å². The molecule has 1 aliphatic heterocycles. The van der Waals surface area contributed by atoms with Crippen molar-refractivity contribution in [3.05, 3.63) is 11.3 Å². The maximum absolute atomic E-state index is 11.7. The van der Waals surface area contributed by atoms with E-state index in [9.17, 15) is 4.79 Å². The second-order valence-electron chi connectivity index (χ2n) is 6.11. The van der Waals surface area contributed by atoms with Gasteiger partial charge in [0.2, 0.25) is 5.91 Å². The molecule has 1 unspecified atom stereocenters. The Morgan fingerprint density at radius 1 is 1.39 bits per heavy atom. The molecule has 2 N–H and O–H groups in total. The number of amides is 1. The molecule has 1 amide bonds. The molecule has 18 heavy (non-hydrogen) atoms. The molecule has 98 valence electrons. The average Bonchev–Trinajstić information content (AvgIpc) is 2.58. The van der Waals surface area contributed by atoms with E-state index >= 15 is 0 Å². The summed E-state index contributed by atoms with van der Waals surface area (Å²) in [5.74, 6) is 2.51. The molecule has 2 heterocycles. The molecule has 3 rings (SSSR count). The van der Waals surface area contributed by atoms with Crippen LogP contribution in [0.4, 0.5) is 5.82 Å². The Balaban J connectivity index is 1.94. The highest BCUT2D eigenvalue weighted by Gasteiger charge is 2.34. The second kappa shape index (κ2) is 4.41. The standard InChI is InChI=1S/C14H21N3O/c1-8(2)6-10-7-11(18)15-14-12(10)13(16-17-14)9-4-3-5-9/h8-10H,3-7H2,1-2H3,(H2,15,16,17,18). The number of anilines is 1. The van der Waals surface area contributed by atoms with Crippen LogP contribution < -0.4 is 5.32 Å². The Labute approximate surface area is 108 Å². The third-order valence-electron chi connectivity index (χ3n) is 4.20. The van der Waals surface area contributed by atoms with E-state index in [0.29, 0.717) is 24.2 Å². The Bertz CT molecular complexity index is 460. The fraction of sp³-hybridized carbons (Fsp3) is 0.714. The van der Waals surface area contributed by atoms with Gasteiger partial charge in [0, 0.05) is 23.6 Å². The molecule has 1 fully saturated rings. The maximum atomic E-state index is 11.7. The quantitative estimate of drug-likeness (QED) is 0.862. The smallest absolute Gasteiger partial charge is 0.226 e. The van der Waals surface area contributed by atoms with E-state index in [1.165, 1.54) is 30.5 Å². The van der Waals surface area contributed by atoms with Crippen LogP contribution in [-0.2, 0) is 4.79 Å². The first-order chi connectivity index (χ1) is 8.65. The summed E-state index contributed by atoms with van der Waals surface area (Å²) < 4.78 is 0. The first-order valence-electron chi connectivity index (χ1n) is 7.03. The van der Waals surface area contributed by atoms with Crippen molar-refractivity contribution in [1.82, 2.24) is 10.2 Å². The number of hydrogen-bond acceptors (Lipinski definition) is 2. The van der Waals surface area contributed by atoms with E-state index in [1.807, 2.05) is 0 Å². The van der Waals surface area contributed by atoms with E-state index in [0.717, 1.165) is 12.2 Å². The number of aromatic nitrogens is 2. The van der Waals surface area contributed by atoms with Crippen LogP contribution in [0.1, 0.15) is 69.0 Å². The molecule has 1 aromatic rings. The van der Waals surface area contributed by atoms with Gasteiger partial charge in [0.05, 0.1) is 0 Å². The minimum absolute atomic E-state index is 0.111. The summed E-state index contributed by atoms with van der Waals surface area (Å²) in [6.45, 7) is 4.44. The molecule has 0 radical (unpaired) electrons. The third kappa shape index (κ3) is 1.93. The highest BCUT2D eigenvalue weighted by atomic mass is 16.1. The molecular formula is C14H21N3O. The maximum Gasteiger partial charge on any atom is 0.226 e. The number of nitrogens with zero attached hydrogens (tertiary/aromatic N) is 1. The SMILES string of the molecule is CC(C)CC1CC(=O)Nc2n[nH]c(C3CCC3)c21. The Hall–Kier alpha value is -1.32. The van der Waals surface area contributed by atoms with Crippen LogP contribution in [0.3, 0.4) is 0 Å². The first kappa shape index (κ1) is 11.8. The van der Waals surface area contributed by atoms with E-state index in [1.54, 1.807) is 0 Å². The van der Waals surface area contributed by atoms with Crippen LogP contribution in [0.2, 0.25) is 0 Å². The van der Waals surface area contributed by atoms with Crippen molar-refractivity contribution in [3.8, 4) is 0 Å². The summed E-state index contributed by atoms with van der Waals surface area (Å²) in [5, 5.41) is 10.4. The number of H-pyrrole nitrogens is 1. The summed E-state index contributed by atoms with van der Waals surface area (Å²) in [7, 11) is 0. The lowest BCUT2D eigenvalue weighted by Gasteiger charge is -2.29. The molecule has 0 aromatic carbocycles. The van der Waals surface area contributed by atoms with Crippen LogP contribution in [0.15, 0.2) is 0 Å². The molecule has 4 nitrogen and oxygen atoms in total. The number of nitrogens with one attached hydrogen (secondary N) is 2. The molecular weight excluding hydrogens is 226 g/mol. The second-order valence-corrected chi connectivity index (χ2v) is 6.11. The zero-order chi connectivity index (χ0) is 12.7. The van der Waals surface area contributed by atoms with Crippen molar-refractivity contribution >= 4 is 11.7 Å². The van der Waals surface area contributed by atoms with Crippen molar-refractivity contribution in [2.24, 2.45) is 5.92 Å². The van der Waals surface area contributed by atoms with Gasteiger partial charge in [-0.2, -0.15) is 5.10 Å². The third-order valence-corrected chi connectivity index (χ3v) is 4.20. The summed E-state index contributed by atoms with van der Waals surface area (Å²) >= 11 is 0. The fourth-order valence-electron chi connectivity index (χ4n) is 3.16. The van der Waals surface area contributed by atoms with Gasteiger partial charge < -0.3 is 5.32 Å². The lowest BCUT2D eigenvalue weighted by molar-refractivity contribution is -0.117. The highest BCUT2D eigenvalue weighted by Crippen LogP contribution is 2.44. The lowest BCUT2D eigenvalue weighted by atomic mass is 9.77. The van der Waals surface area contributed by atoms with E-state index in [4.69, 9.17) is 0 Å². The van der Waals surface area contributed by atoms with Crippen LogP contribution in [0.25, 0.3) is 0 Å². The predicted octanol–water partition coefficient (Wildman–Crippen LogP) is 3.15. The normalized spacial score (nSPS) is 23.7. The van der Waals surface area contributed by atoms with Crippen molar-refractivity contribution in [2.45, 2.75) is 57.8 Å². The monoisotopic (exact) mass is 247 g/mol. The van der Waals surface area contributed by atoms with E-state index < -0.39 is 0 Å². The largest absolute Gasteiger partial charge is 0.309 e. The van der Waals surface area contributed by atoms with Gasteiger partial charge in [-0.05, 0) is 31.1 Å². The Kier molecular flexibility index (Phi) is 2.88. The van der Waals surface area contributed by atoms with Gasteiger partial charge in [-0.15, -0.1) is 0 Å². The molecule has 0 saturated heterocycles.